The highest BCUT2D eigenvalue weighted by atomic mass is 16.1. The van der Waals surface area contributed by atoms with E-state index in [1.807, 2.05) is 6.08 Å². The summed E-state index contributed by atoms with van der Waals surface area (Å²) in [5.74, 6) is 3.04. The van der Waals surface area contributed by atoms with Crippen molar-refractivity contribution in [2.24, 2.45) is 11.7 Å². The molecule has 1 unspecified atom stereocenters. The summed E-state index contributed by atoms with van der Waals surface area (Å²) in [5.41, 5.74) is 6.22. The summed E-state index contributed by atoms with van der Waals surface area (Å²) < 4.78 is 0. The highest BCUT2D eigenvalue weighted by molar-refractivity contribution is 5.79. The first-order valence-electron chi connectivity index (χ1n) is 4.45. The molecule has 0 heterocycles. The molecule has 0 fully saturated rings. The minimum absolute atomic E-state index is 0.101. The Morgan fingerprint density at radius 1 is 1.69 bits per heavy atom. The molecule has 0 spiro atoms. The second-order valence-electron chi connectivity index (χ2n) is 3.33. The van der Waals surface area contributed by atoms with Crippen LogP contribution in [0.1, 0.15) is 26.7 Å². The Hall–Kier alpha value is -1.07. The van der Waals surface area contributed by atoms with Crippen LogP contribution in [0.25, 0.3) is 0 Å². The molecule has 0 aromatic heterocycles. The van der Waals surface area contributed by atoms with Crippen LogP contribution in [0.4, 0.5) is 0 Å². The number of allylic oxidation sites excluding steroid dienone is 2. The highest BCUT2D eigenvalue weighted by Gasteiger charge is 2.00. The smallest absolute Gasteiger partial charge is 0.134 e. The zero-order valence-corrected chi connectivity index (χ0v) is 8.34. The number of Topliss-reactive ketones (excluding diaryl/α,β-unsaturated/α-hetero) is 1. The highest BCUT2D eigenvalue weighted by Crippen LogP contribution is 2.07. The molecule has 0 amide bonds. The Morgan fingerprint density at radius 2 is 2.31 bits per heavy atom. The minimum atomic E-state index is 0.101. The molecule has 0 aliphatic heterocycles. The van der Waals surface area contributed by atoms with E-state index in [0.717, 1.165) is 12.0 Å². The van der Waals surface area contributed by atoms with Crippen molar-refractivity contribution in [2.75, 3.05) is 6.54 Å². The lowest BCUT2D eigenvalue weighted by Crippen LogP contribution is -2.09. The second-order valence-corrected chi connectivity index (χ2v) is 3.33. The third kappa shape index (κ3) is 6.12. The molecule has 0 aromatic rings. The number of carbonyl (C=O) groups is 1. The number of terminal acetylenes is 1. The molecular weight excluding hydrogens is 162 g/mol. The van der Waals surface area contributed by atoms with E-state index >= 15 is 0 Å². The molecule has 0 bridgehead atoms. The fourth-order valence-electron chi connectivity index (χ4n) is 0.890. The zero-order valence-electron chi connectivity index (χ0n) is 8.34. The van der Waals surface area contributed by atoms with Gasteiger partial charge in [-0.25, -0.2) is 0 Å². The molecule has 0 aliphatic rings. The Bertz CT molecular complexity index is 235. The van der Waals surface area contributed by atoms with Crippen LogP contribution < -0.4 is 5.73 Å². The van der Waals surface area contributed by atoms with E-state index in [4.69, 9.17) is 12.2 Å². The van der Waals surface area contributed by atoms with Crippen molar-refractivity contribution < 1.29 is 4.79 Å². The molecule has 1 atom stereocenters. The summed E-state index contributed by atoms with van der Waals surface area (Å²) in [5, 5.41) is 0. The van der Waals surface area contributed by atoms with E-state index in [9.17, 15) is 4.79 Å². The maximum Gasteiger partial charge on any atom is 0.134 e. The van der Waals surface area contributed by atoms with Crippen molar-refractivity contribution in [2.45, 2.75) is 26.7 Å². The van der Waals surface area contributed by atoms with E-state index in [-0.39, 0.29) is 5.78 Å². The zero-order chi connectivity index (χ0) is 10.3. The van der Waals surface area contributed by atoms with Crippen LogP contribution in [-0.4, -0.2) is 12.3 Å². The van der Waals surface area contributed by atoms with Gasteiger partial charge in [-0.1, -0.05) is 18.9 Å². The van der Waals surface area contributed by atoms with Crippen LogP contribution in [0.15, 0.2) is 11.6 Å². The molecule has 13 heavy (non-hydrogen) atoms. The van der Waals surface area contributed by atoms with E-state index in [1.54, 1.807) is 0 Å². The van der Waals surface area contributed by atoms with Gasteiger partial charge < -0.3 is 5.73 Å². The molecular formula is C11H17NO. The maximum absolute atomic E-state index is 10.8. The van der Waals surface area contributed by atoms with Gasteiger partial charge in [0.05, 0.1) is 0 Å². The number of rotatable bonds is 5. The van der Waals surface area contributed by atoms with Gasteiger partial charge in [0, 0.05) is 12.0 Å². The van der Waals surface area contributed by atoms with Gasteiger partial charge in [-0.2, -0.15) is 0 Å². The average Bonchev–Trinajstić information content (AvgIpc) is 2.10. The summed E-state index contributed by atoms with van der Waals surface area (Å²) in [6.45, 7) is 4.24. The lowest BCUT2D eigenvalue weighted by atomic mass is 10.0. The Morgan fingerprint density at radius 3 is 2.69 bits per heavy atom. The van der Waals surface area contributed by atoms with E-state index in [2.05, 4.69) is 12.8 Å². The van der Waals surface area contributed by atoms with Crippen molar-refractivity contribution in [1.29, 1.82) is 0 Å². The van der Waals surface area contributed by atoms with E-state index in [1.165, 1.54) is 6.92 Å². The molecule has 2 N–H and O–H groups in total. The molecule has 2 nitrogen and oxygen atoms in total. The molecule has 0 aromatic carbocycles. The van der Waals surface area contributed by atoms with Gasteiger partial charge in [0.25, 0.3) is 0 Å². The maximum atomic E-state index is 10.8. The lowest BCUT2D eigenvalue weighted by Gasteiger charge is -2.04. The summed E-state index contributed by atoms with van der Waals surface area (Å²) in [6.07, 6.45) is 8.40. The monoisotopic (exact) mass is 179 g/mol. The van der Waals surface area contributed by atoms with Gasteiger partial charge in [-0.15, -0.1) is 6.42 Å². The Kier molecular flexibility index (Phi) is 5.92. The molecule has 0 rings (SSSR count). The quantitative estimate of drug-likeness (QED) is 0.650. The number of ketones is 1. The summed E-state index contributed by atoms with van der Waals surface area (Å²) in [4.78, 5) is 10.8. The lowest BCUT2D eigenvalue weighted by molar-refractivity contribution is -0.116. The molecule has 0 saturated heterocycles. The number of hydrogen-bond donors (Lipinski definition) is 1. The third-order valence-electron chi connectivity index (χ3n) is 1.79. The number of carbonyl (C=O) groups excluding carboxylic acids is 1. The van der Waals surface area contributed by atoms with Crippen LogP contribution in [0.3, 0.4) is 0 Å². The molecule has 2 heteroatoms. The van der Waals surface area contributed by atoms with Crippen molar-refractivity contribution in [3.05, 3.63) is 11.6 Å². The van der Waals surface area contributed by atoms with Gasteiger partial charge in [0.1, 0.15) is 5.78 Å². The van der Waals surface area contributed by atoms with Crippen molar-refractivity contribution in [3.8, 4) is 12.3 Å². The van der Waals surface area contributed by atoms with Crippen molar-refractivity contribution >= 4 is 5.78 Å². The largest absolute Gasteiger partial charge is 0.330 e. The van der Waals surface area contributed by atoms with Crippen LogP contribution in [-0.2, 0) is 4.79 Å². The predicted octanol–water partition coefficient (Wildman–Crippen LogP) is 1.51. The van der Waals surface area contributed by atoms with Crippen molar-refractivity contribution in [1.82, 2.24) is 0 Å². The fraction of sp³-hybridized carbons (Fsp3) is 0.545. The summed E-state index contributed by atoms with van der Waals surface area (Å²) in [7, 11) is 0. The van der Waals surface area contributed by atoms with Gasteiger partial charge in [0.2, 0.25) is 0 Å². The fourth-order valence-corrected chi connectivity index (χ4v) is 0.890. The second kappa shape index (κ2) is 6.45. The van der Waals surface area contributed by atoms with Gasteiger partial charge in [-0.3, -0.25) is 4.79 Å². The topological polar surface area (TPSA) is 43.1 Å². The summed E-state index contributed by atoms with van der Waals surface area (Å²) >= 11 is 0. The first-order chi connectivity index (χ1) is 6.10. The Labute approximate surface area is 80.2 Å². The third-order valence-corrected chi connectivity index (χ3v) is 1.79. The van der Waals surface area contributed by atoms with Gasteiger partial charge in [-0.05, 0) is 25.8 Å². The van der Waals surface area contributed by atoms with Crippen molar-refractivity contribution in [3.63, 3.8) is 0 Å². The molecule has 72 valence electrons. The van der Waals surface area contributed by atoms with E-state index in [0.29, 0.717) is 18.9 Å². The van der Waals surface area contributed by atoms with Crippen LogP contribution in [0.5, 0.6) is 0 Å². The number of nitrogens with two attached hydrogens (primary N) is 1. The summed E-state index contributed by atoms with van der Waals surface area (Å²) in [6, 6.07) is 0. The van der Waals surface area contributed by atoms with E-state index < -0.39 is 0 Å². The van der Waals surface area contributed by atoms with Gasteiger partial charge >= 0.3 is 0 Å². The molecule has 0 saturated carbocycles. The molecule has 0 radical (unpaired) electrons. The van der Waals surface area contributed by atoms with Crippen LogP contribution >= 0.6 is 0 Å². The average molecular weight is 179 g/mol. The first-order valence-corrected chi connectivity index (χ1v) is 4.45. The Balaban J connectivity index is 4.09. The van der Waals surface area contributed by atoms with Crippen LogP contribution in [0, 0.1) is 18.3 Å². The van der Waals surface area contributed by atoms with Crippen LogP contribution in [0.2, 0.25) is 0 Å². The predicted molar refractivity (Wildman–Crippen MR) is 55.0 cm³/mol. The minimum Gasteiger partial charge on any atom is -0.330 e. The molecule has 0 aliphatic carbocycles. The SMILES string of the molecule is C#C/C(=C\CC(C)CN)CC(C)=O. The standard InChI is InChI=1S/C11H17NO/c1-4-11(7-10(3)13)6-5-9(2)8-12/h1,6,9H,5,7-8,12H2,2-3H3/b11-6+. The normalized spacial score (nSPS) is 13.5. The number of hydrogen-bond acceptors (Lipinski definition) is 2. The van der Waals surface area contributed by atoms with Gasteiger partial charge in [0.15, 0.2) is 0 Å². The first kappa shape index (κ1) is 11.9.